The van der Waals surface area contributed by atoms with Gasteiger partial charge in [-0.15, -0.1) is 0 Å². The molecule has 8 heteroatoms. The van der Waals surface area contributed by atoms with Gasteiger partial charge in [0.25, 0.3) is 0 Å². The molecule has 0 amide bonds. The zero-order chi connectivity index (χ0) is 28.4. The summed E-state index contributed by atoms with van der Waals surface area (Å²) in [6, 6.07) is 3.32. The van der Waals surface area contributed by atoms with Crippen LogP contribution in [-0.4, -0.2) is 55.3 Å². The average molecular weight is 525 g/mol. The number of aromatic hydroxyl groups is 1. The predicted molar refractivity (Wildman–Crippen MR) is 139 cm³/mol. The van der Waals surface area contributed by atoms with E-state index in [1.807, 2.05) is 0 Å². The fourth-order valence-electron chi connectivity index (χ4n) is 7.15. The molecule has 0 bridgehead atoms. The topological polar surface area (TPSA) is 149 Å². The van der Waals surface area contributed by atoms with Crippen molar-refractivity contribution < 1.29 is 39.6 Å². The molecule has 4 rings (SSSR count). The van der Waals surface area contributed by atoms with Gasteiger partial charge in [-0.05, 0) is 52.0 Å². The molecule has 38 heavy (non-hydrogen) atoms. The first-order valence-corrected chi connectivity index (χ1v) is 13.1. The van der Waals surface area contributed by atoms with Gasteiger partial charge in [0.15, 0.2) is 11.4 Å². The lowest BCUT2D eigenvalue weighted by atomic mass is 9.48. The maximum atomic E-state index is 13.9. The van der Waals surface area contributed by atoms with Crippen molar-refractivity contribution >= 4 is 23.1 Å². The minimum Gasteiger partial charge on any atom is -0.508 e. The molecule has 3 aliphatic rings. The number of allylic oxidation sites excluding steroid dienone is 2. The maximum Gasteiger partial charge on any atom is 0.201 e. The minimum atomic E-state index is -2.40. The number of hydrogen-bond donors (Lipinski definition) is 4. The molecule has 3 aliphatic carbocycles. The van der Waals surface area contributed by atoms with Crippen molar-refractivity contribution in [2.75, 3.05) is 0 Å². The van der Waals surface area contributed by atoms with E-state index >= 15 is 0 Å². The zero-order valence-corrected chi connectivity index (χ0v) is 22.6. The van der Waals surface area contributed by atoms with Crippen molar-refractivity contribution in [2.24, 2.45) is 10.8 Å². The van der Waals surface area contributed by atoms with Crippen LogP contribution in [0.25, 0.3) is 0 Å². The van der Waals surface area contributed by atoms with Gasteiger partial charge in [-0.25, -0.2) is 0 Å². The number of phenolic OH excluding ortho intramolecular Hbond substituents is 1. The number of ketones is 4. The van der Waals surface area contributed by atoms with E-state index in [4.69, 9.17) is 0 Å². The highest BCUT2D eigenvalue weighted by Crippen LogP contribution is 2.62. The molecule has 0 heterocycles. The fourth-order valence-corrected chi connectivity index (χ4v) is 7.15. The van der Waals surface area contributed by atoms with Crippen LogP contribution in [0.2, 0.25) is 0 Å². The van der Waals surface area contributed by atoms with Crippen LogP contribution < -0.4 is 0 Å². The quantitative estimate of drug-likeness (QED) is 0.422. The summed E-state index contributed by atoms with van der Waals surface area (Å²) >= 11 is 0. The van der Waals surface area contributed by atoms with Crippen LogP contribution >= 0.6 is 0 Å². The van der Waals surface area contributed by atoms with E-state index in [1.54, 1.807) is 32.9 Å². The number of Topliss-reactive ketones (excluding diaryl/α,β-unsaturated/α-hetero) is 4. The molecular formula is C30H36O8. The Morgan fingerprint density at radius 3 is 2.34 bits per heavy atom. The van der Waals surface area contributed by atoms with Crippen molar-refractivity contribution in [3.05, 3.63) is 51.3 Å². The first-order chi connectivity index (χ1) is 17.6. The Labute approximate surface area is 222 Å². The maximum absolute atomic E-state index is 13.9. The molecule has 4 unspecified atom stereocenters. The number of carbonyl (C=O) groups excluding carboxylic acids is 4. The summed E-state index contributed by atoms with van der Waals surface area (Å²) in [6.45, 7) is 8.12. The first kappa shape index (κ1) is 27.9. The number of carbonyl (C=O) groups is 4. The van der Waals surface area contributed by atoms with Gasteiger partial charge in [-0.3, -0.25) is 14.4 Å². The zero-order valence-electron chi connectivity index (χ0n) is 22.6. The third-order valence-corrected chi connectivity index (χ3v) is 8.70. The molecule has 1 aromatic carbocycles. The highest BCUT2D eigenvalue weighted by Gasteiger charge is 2.67. The third kappa shape index (κ3) is 4.05. The SMILES string of the molecule is CC(=O)CCCC(=O)Cc1ccc2c(c1O)C(=O)C1=C(O)C3(O)C(=O)C(C(C)O)=C(C)CC3(C)CC1(C)C2. The summed E-state index contributed by atoms with van der Waals surface area (Å²) < 4.78 is 0. The second-order valence-electron chi connectivity index (χ2n) is 12.0. The van der Waals surface area contributed by atoms with Gasteiger partial charge in [0, 0.05) is 46.8 Å². The molecule has 0 aromatic heterocycles. The first-order valence-electron chi connectivity index (χ1n) is 13.1. The molecule has 0 spiro atoms. The van der Waals surface area contributed by atoms with Crippen LogP contribution in [0.3, 0.4) is 0 Å². The number of phenols is 1. The second kappa shape index (κ2) is 9.27. The molecule has 0 fully saturated rings. The number of fused-ring (bicyclic) bond motifs is 3. The van der Waals surface area contributed by atoms with Gasteiger partial charge >= 0.3 is 0 Å². The lowest BCUT2D eigenvalue weighted by Crippen LogP contribution is -2.63. The highest BCUT2D eigenvalue weighted by atomic mass is 16.3. The van der Waals surface area contributed by atoms with Gasteiger partial charge in [-0.2, -0.15) is 0 Å². The van der Waals surface area contributed by atoms with E-state index in [1.165, 1.54) is 13.8 Å². The number of benzene rings is 1. The molecule has 8 nitrogen and oxygen atoms in total. The molecule has 0 radical (unpaired) electrons. The van der Waals surface area contributed by atoms with Crippen molar-refractivity contribution in [3.8, 4) is 5.75 Å². The monoisotopic (exact) mass is 524 g/mol. The lowest BCUT2D eigenvalue weighted by molar-refractivity contribution is -0.157. The number of hydrogen-bond acceptors (Lipinski definition) is 8. The van der Waals surface area contributed by atoms with Gasteiger partial charge < -0.3 is 25.2 Å². The second-order valence-corrected chi connectivity index (χ2v) is 12.0. The van der Waals surface area contributed by atoms with Crippen LogP contribution in [0.5, 0.6) is 5.75 Å². The van der Waals surface area contributed by atoms with E-state index in [2.05, 4.69) is 0 Å². The van der Waals surface area contributed by atoms with Gasteiger partial charge in [0.05, 0.1) is 11.7 Å². The van der Waals surface area contributed by atoms with Gasteiger partial charge in [0.2, 0.25) is 5.78 Å². The number of rotatable bonds is 7. The van der Waals surface area contributed by atoms with Crippen LogP contribution in [0.1, 0.15) is 88.2 Å². The highest BCUT2D eigenvalue weighted by molar-refractivity contribution is 6.16. The Bertz CT molecular complexity index is 1330. The van der Waals surface area contributed by atoms with Gasteiger partial charge in [0.1, 0.15) is 23.1 Å². The summed E-state index contributed by atoms with van der Waals surface area (Å²) in [5.74, 6) is -2.79. The Morgan fingerprint density at radius 1 is 1.08 bits per heavy atom. The van der Waals surface area contributed by atoms with E-state index in [9.17, 15) is 39.6 Å². The molecule has 0 saturated carbocycles. The minimum absolute atomic E-state index is 0.0101. The van der Waals surface area contributed by atoms with Crippen LogP contribution in [0.4, 0.5) is 0 Å². The van der Waals surface area contributed by atoms with Gasteiger partial charge in [-0.1, -0.05) is 31.6 Å². The van der Waals surface area contributed by atoms with Crippen LogP contribution in [-0.2, 0) is 27.2 Å². The summed E-state index contributed by atoms with van der Waals surface area (Å²) in [5.41, 5.74) is -3.13. The number of aliphatic hydroxyl groups is 3. The molecule has 204 valence electrons. The summed E-state index contributed by atoms with van der Waals surface area (Å²) in [7, 11) is 0. The predicted octanol–water partition coefficient (Wildman–Crippen LogP) is 3.63. The molecule has 4 atom stereocenters. The van der Waals surface area contributed by atoms with Crippen molar-refractivity contribution in [1.29, 1.82) is 0 Å². The smallest absolute Gasteiger partial charge is 0.201 e. The number of aliphatic hydroxyl groups excluding tert-OH is 2. The Kier molecular flexibility index (Phi) is 6.81. The van der Waals surface area contributed by atoms with Crippen LogP contribution in [0.15, 0.2) is 34.6 Å². The third-order valence-electron chi connectivity index (χ3n) is 8.70. The average Bonchev–Trinajstić information content (AvgIpc) is 2.77. The molecular weight excluding hydrogens is 488 g/mol. The normalized spacial score (nSPS) is 29.6. The van der Waals surface area contributed by atoms with Crippen molar-refractivity contribution in [2.45, 2.75) is 91.3 Å². The largest absolute Gasteiger partial charge is 0.508 e. The lowest BCUT2D eigenvalue weighted by Gasteiger charge is -2.56. The summed E-state index contributed by atoms with van der Waals surface area (Å²) in [4.78, 5) is 51.1. The van der Waals surface area contributed by atoms with Crippen molar-refractivity contribution in [1.82, 2.24) is 0 Å². The molecule has 0 saturated heterocycles. The Hall–Kier alpha value is -3.10. The summed E-state index contributed by atoms with van der Waals surface area (Å²) in [6.07, 6.45) is 0.330. The standard InChI is InChI=1S/C30H36O8/c1-15-12-29(5)14-28(4)13-19-10-9-18(11-20(33)8-6-7-16(2)31)24(34)22(19)25(35)23(28)27(37)30(29,38)26(36)21(15)17(3)32/h9-10,17,32,34,37-38H,6-8,11-14H2,1-5H3. The van der Waals surface area contributed by atoms with E-state index in [-0.39, 0.29) is 71.7 Å². The molecule has 4 N–H and O–H groups in total. The summed E-state index contributed by atoms with van der Waals surface area (Å²) in [5, 5.41) is 44.7. The van der Waals surface area contributed by atoms with Crippen LogP contribution in [0, 0.1) is 10.8 Å². The van der Waals surface area contributed by atoms with Crippen molar-refractivity contribution in [3.63, 3.8) is 0 Å². The van der Waals surface area contributed by atoms with E-state index < -0.39 is 39.9 Å². The van der Waals surface area contributed by atoms with E-state index in [0.29, 0.717) is 24.0 Å². The molecule has 0 aliphatic heterocycles. The Balaban J connectivity index is 1.78. The molecule has 1 aromatic rings. The fraction of sp³-hybridized carbons (Fsp3) is 0.533. The van der Waals surface area contributed by atoms with E-state index in [0.717, 1.165) is 0 Å². The Morgan fingerprint density at radius 2 is 1.74 bits per heavy atom.